The number of benzene rings is 1. The number of morpholine rings is 1. The molecule has 0 spiro atoms. The van der Waals surface area contributed by atoms with E-state index in [9.17, 15) is 0 Å². The molecule has 2 atom stereocenters. The summed E-state index contributed by atoms with van der Waals surface area (Å²) in [5.41, 5.74) is 1.54. The highest BCUT2D eigenvalue weighted by atomic mass is 32.1. The number of nitrogens with zero attached hydrogens (tertiary/aromatic N) is 4. The van der Waals surface area contributed by atoms with Crippen LogP contribution in [-0.4, -0.2) is 61.0 Å². The zero-order chi connectivity index (χ0) is 25.0. The maximum absolute atomic E-state index is 5.76. The lowest BCUT2D eigenvalue weighted by Crippen LogP contribution is -2.42. The standard InChI is InChI=1S/C28H40N6OS/c1-21-16-22(2)19-34(18-21)25-17-24(33-12-14-35-15-13-33)30-26(31-25)32-27(36)29-20-28(10-6-7-11-28)23-8-4-3-5-9-23/h3-5,8-9,17,21-22H,6-7,10-16,18-20H2,1-2H3,(H2,29,30,31,32,36). The molecular weight excluding hydrogens is 468 g/mol. The fourth-order valence-corrected chi connectivity index (χ4v) is 6.41. The Morgan fingerprint density at radius 1 is 1.00 bits per heavy atom. The van der Waals surface area contributed by atoms with Crippen LogP contribution in [0.5, 0.6) is 0 Å². The van der Waals surface area contributed by atoms with E-state index >= 15 is 0 Å². The maximum atomic E-state index is 5.76. The molecule has 2 saturated heterocycles. The lowest BCUT2D eigenvalue weighted by atomic mass is 9.79. The molecule has 36 heavy (non-hydrogen) atoms. The van der Waals surface area contributed by atoms with Crippen molar-refractivity contribution in [2.75, 3.05) is 61.1 Å². The molecule has 2 N–H and O–H groups in total. The van der Waals surface area contributed by atoms with Crippen LogP contribution < -0.4 is 20.4 Å². The molecule has 194 valence electrons. The zero-order valence-corrected chi connectivity index (χ0v) is 22.5. The number of rotatable bonds is 6. The third-order valence-corrected chi connectivity index (χ3v) is 8.23. The van der Waals surface area contributed by atoms with Gasteiger partial charge in [-0.2, -0.15) is 9.97 Å². The van der Waals surface area contributed by atoms with Crippen LogP contribution >= 0.6 is 12.2 Å². The van der Waals surface area contributed by atoms with E-state index in [1.807, 2.05) is 0 Å². The summed E-state index contributed by atoms with van der Waals surface area (Å²) in [7, 11) is 0. The first kappa shape index (κ1) is 25.2. The number of aromatic nitrogens is 2. The van der Waals surface area contributed by atoms with E-state index in [1.54, 1.807) is 0 Å². The summed E-state index contributed by atoms with van der Waals surface area (Å²) >= 11 is 5.76. The number of ether oxygens (including phenoxy) is 1. The van der Waals surface area contributed by atoms with Crippen molar-refractivity contribution >= 4 is 34.9 Å². The van der Waals surface area contributed by atoms with Crippen molar-refractivity contribution < 1.29 is 4.74 Å². The lowest BCUT2D eigenvalue weighted by Gasteiger charge is -2.36. The smallest absolute Gasteiger partial charge is 0.232 e. The van der Waals surface area contributed by atoms with Crippen LogP contribution in [0.25, 0.3) is 0 Å². The Kier molecular flexibility index (Phi) is 7.91. The average molecular weight is 509 g/mol. The summed E-state index contributed by atoms with van der Waals surface area (Å²) in [6, 6.07) is 13.0. The molecule has 1 saturated carbocycles. The molecule has 7 nitrogen and oxygen atoms in total. The molecule has 3 fully saturated rings. The maximum Gasteiger partial charge on any atom is 0.232 e. The predicted molar refractivity (Wildman–Crippen MR) is 151 cm³/mol. The van der Waals surface area contributed by atoms with Crippen molar-refractivity contribution in [2.24, 2.45) is 11.8 Å². The average Bonchev–Trinajstić information content (AvgIpc) is 3.38. The first-order valence-electron chi connectivity index (χ1n) is 13.6. The first-order valence-corrected chi connectivity index (χ1v) is 14.0. The minimum atomic E-state index is 0.134. The predicted octanol–water partition coefficient (Wildman–Crippen LogP) is 4.59. The summed E-state index contributed by atoms with van der Waals surface area (Å²) < 4.78 is 5.58. The second kappa shape index (κ2) is 11.3. The Bertz CT molecular complexity index is 1010. The van der Waals surface area contributed by atoms with Gasteiger partial charge in [0.25, 0.3) is 0 Å². The van der Waals surface area contributed by atoms with E-state index in [0.717, 1.165) is 57.6 Å². The molecule has 8 heteroatoms. The summed E-state index contributed by atoms with van der Waals surface area (Å²) in [6.07, 6.45) is 6.16. The van der Waals surface area contributed by atoms with Crippen LogP contribution in [0.1, 0.15) is 51.5 Å². The van der Waals surface area contributed by atoms with Crippen LogP contribution in [0.15, 0.2) is 36.4 Å². The van der Waals surface area contributed by atoms with Gasteiger partial charge in [0.15, 0.2) is 5.11 Å². The van der Waals surface area contributed by atoms with Gasteiger partial charge in [0, 0.05) is 44.2 Å². The van der Waals surface area contributed by atoms with Gasteiger partial charge in [-0.1, -0.05) is 57.0 Å². The third-order valence-electron chi connectivity index (χ3n) is 7.99. The number of anilines is 3. The van der Waals surface area contributed by atoms with Crippen molar-refractivity contribution in [3.63, 3.8) is 0 Å². The first-order chi connectivity index (χ1) is 17.5. The van der Waals surface area contributed by atoms with Crippen molar-refractivity contribution in [3.8, 4) is 0 Å². The summed E-state index contributed by atoms with van der Waals surface area (Å²) in [4.78, 5) is 14.5. The molecular formula is C28H40N6OS. The van der Waals surface area contributed by atoms with Gasteiger partial charge in [0.05, 0.1) is 13.2 Å². The highest BCUT2D eigenvalue weighted by Gasteiger charge is 2.35. The lowest BCUT2D eigenvalue weighted by molar-refractivity contribution is 0.122. The molecule has 3 aliphatic rings. The van der Waals surface area contributed by atoms with Gasteiger partial charge in [-0.3, -0.25) is 0 Å². The van der Waals surface area contributed by atoms with E-state index in [-0.39, 0.29) is 5.41 Å². The molecule has 1 aromatic carbocycles. The van der Waals surface area contributed by atoms with E-state index in [0.29, 0.717) is 22.9 Å². The van der Waals surface area contributed by atoms with E-state index in [1.165, 1.54) is 37.7 Å². The van der Waals surface area contributed by atoms with E-state index in [4.69, 9.17) is 26.9 Å². The van der Waals surface area contributed by atoms with Crippen LogP contribution in [0.3, 0.4) is 0 Å². The van der Waals surface area contributed by atoms with Crippen LogP contribution in [-0.2, 0) is 10.2 Å². The van der Waals surface area contributed by atoms with Crippen molar-refractivity contribution in [3.05, 3.63) is 42.0 Å². The van der Waals surface area contributed by atoms with Gasteiger partial charge in [-0.15, -0.1) is 0 Å². The second-order valence-electron chi connectivity index (χ2n) is 11.0. The number of nitrogens with one attached hydrogen (secondary N) is 2. The Labute approximate surface area is 221 Å². The largest absolute Gasteiger partial charge is 0.378 e. The van der Waals surface area contributed by atoms with Gasteiger partial charge in [0.1, 0.15) is 11.6 Å². The Morgan fingerprint density at radius 3 is 2.31 bits per heavy atom. The molecule has 2 aliphatic heterocycles. The normalized spacial score (nSPS) is 23.9. The molecule has 1 aliphatic carbocycles. The van der Waals surface area contributed by atoms with Gasteiger partial charge in [-0.25, -0.2) is 0 Å². The van der Waals surface area contributed by atoms with E-state index in [2.05, 4.69) is 70.7 Å². The monoisotopic (exact) mass is 508 g/mol. The molecule has 1 aromatic heterocycles. The highest BCUT2D eigenvalue weighted by Crippen LogP contribution is 2.40. The Balaban J connectivity index is 1.32. The van der Waals surface area contributed by atoms with Gasteiger partial charge in [0.2, 0.25) is 5.95 Å². The number of piperidine rings is 1. The number of thiocarbonyl (C=S) groups is 1. The van der Waals surface area contributed by atoms with Gasteiger partial charge >= 0.3 is 0 Å². The zero-order valence-electron chi connectivity index (χ0n) is 21.7. The highest BCUT2D eigenvalue weighted by molar-refractivity contribution is 7.80. The van der Waals surface area contributed by atoms with Gasteiger partial charge < -0.3 is 25.2 Å². The summed E-state index contributed by atoms with van der Waals surface area (Å²) in [5.74, 6) is 3.78. The minimum Gasteiger partial charge on any atom is -0.378 e. The van der Waals surface area contributed by atoms with Crippen molar-refractivity contribution in [1.82, 2.24) is 15.3 Å². The molecule has 5 rings (SSSR count). The van der Waals surface area contributed by atoms with Crippen molar-refractivity contribution in [2.45, 2.75) is 51.4 Å². The fourth-order valence-electron chi connectivity index (χ4n) is 6.25. The summed E-state index contributed by atoms with van der Waals surface area (Å²) in [6.45, 7) is 10.6. The molecule has 0 amide bonds. The molecule has 2 unspecified atom stereocenters. The summed E-state index contributed by atoms with van der Waals surface area (Å²) in [5, 5.41) is 7.43. The third kappa shape index (κ3) is 5.92. The number of hydrogen-bond acceptors (Lipinski definition) is 6. The quantitative estimate of drug-likeness (QED) is 0.549. The van der Waals surface area contributed by atoms with Gasteiger partial charge in [-0.05, 0) is 48.9 Å². The topological polar surface area (TPSA) is 65.6 Å². The molecule has 2 aromatic rings. The minimum absolute atomic E-state index is 0.134. The fraction of sp³-hybridized carbons (Fsp3) is 0.607. The number of hydrogen-bond donors (Lipinski definition) is 2. The molecule has 0 bridgehead atoms. The van der Waals surface area contributed by atoms with Crippen LogP contribution in [0, 0.1) is 11.8 Å². The Morgan fingerprint density at radius 2 is 1.64 bits per heavy atom. The van der Waals surface area contributed by atoms with Crippen molar-refractivity contribution in [1.29, 1.82) is 0 Å². The Hall–Kier alpha value is -2.45. The van der Waals surface area contributed by atoms with Crippen LogP contribution in [0.2, 0.25) is 0 Å². The van der Waals surface area contributed by atoms with E-state index < -0.39 is 0 Å². The SMILES string of the molecule is CC1CC(C)CN(c2cc(N3CCOCC3)nc(NC(=S)NCC3(c4ccccc4)CCCC3)n2)C1. The molecule has 3 heterocycles. The second-order valence-corrected chi connectivity index (χ2v) is 11.4. The molecule has 0 radical (unpaired) electrons. The van der Waals surface area contributed by atoms with Crippen LogP contribution in [0.4, 0.5) is 17.6 Å².